The molecule has 0 saturated carbocycles. The molecule has 2 heterocycles. The second-order valence-corrected chi connectivity index (χ2v) is 6.68. The van der Waals surface area contributed by atoms with Gasteiger partial charge in [0.25, 0.3) is 0 Å². The van der Waals surface area contributed by atoms with Gasteiger partial charge < -0.3 is 25.8 Å². The highest BCUT2D eigenvalue weighted by atomic mass is 35.5. The van der Waals surface area contributed by atoms with Crippen molar-refractivity contribution in [1.29, 1.82) is 0 Å². The maximum absolute atomic E-state index is 11.5. The molecule has 2 aromatic heterocycles. The predicted octanol–water partition coefficient (Wildman–Crippen LogP) is 1.97. The van der Waals surface area contributed by atoms with E-state index >= 15 is 0 Å². The standard InChI is InChI=1S/C19H22ClN7O3/c1-21-17(29)10-27-9-13(7-23-27)24-19-22-8-15(20)18(26-19)25-16(11-28)12-4-3-5-14(6-12)30-2/h3-9,16,28H,10-11H2,1-2H3,(H,21,29)(H2,22,24,25,26). The number of ether oxygens (including phenoxy) is 1. The van der Waals surface area contributed by atoms with Crippen LogP contribution in [0.2, 0.25) is 5.02 Å². The third-order valence-electron chi connectivity index (χ3n) is 4.21. The van der Waals surface area contributed by atoms with Crippen molar-refractivity contribution in [2.45, 2.75) is 12.6 Å². The third kappa shape index (κ3) is 5.37. The lowest BCUT2D eigenvalue weighted by atomic mass is 10.1. The van der Waals surface area contributed by atoms with Gasteiger partial charge >= 0.3 is 0 Å². The van der Waals surface area contributed by atoms with E-state index in [0.29, 0.717) is 22.3 Å². The molecule has 11 heteroatoms. The number of carbonyl (C=O) groups is 1. The van der Waals surface area contributed by atoms with E-state index in [-0.39, 0.29) is 25.0 Å². The van der Waals surface area contributed by atoms with Gasteiger partial charge in [-0.15, -0.1) is 0 Å². The number of aromatic nitrogens is 4. The predicted molar refractivity (Wildman–Crippen MR) is 113 cm³/mol. The van der Waals surface area contributed by atoms with E-state index in [2.05, 4.69) is 31.0 Å². The van der Waals surface area contributed by atoms with Crippen molar-refractivity contribution in [3.63, 3.8) is 0 Å². The summed E-state index contributed by atoms with van der Waals surface area (Å²) in [6, 6.07) is 6.90. The molecule has 0 aliphatic rings. The molecule has 3 rings (SSSR count). The number of benzene rings is 1. The summed E-state index contributed by atoms with van der Waals surface area (Å²) >= 11 is 6.24. The average Bonchev–Trinajstić information content (AvgIpc) is 3.20. The van der Waals surface area contributed by atoms with Crippen LogP contribution in [0, 0.1) is 0 Å². The molecule has 30 heavy (non-hydrogen) atoms. The molecule has 1 atom stereocenters. The number of likely N-dealkylation sites (N-methyl/N-ethyl adjacent to an activating group) is 1. The van der Waals surface area contributed by atoms with Crippen molar-refractivity contribution in [2.75, 3.05) is 31.4 Å². The summed E-state index contributed by atoms with van der Waals surface area (Å²) in [5.41, 5.74) is 1.43. The minimum atomic E-state index is -0.448. The number of nitrogens with one attached hydrogen (secondary N) is 3. The minimum absolute atomic E-state index is 0.102. The Bertz CT molecular complexity index is 1010. The molecule has 0 spiro atoms. The van der Waals surface area contributed by atoms with Crippen LogP contribution in [-0.2, 0) is 11.3 Å². The highest BCUT2D eigenvalue weighted by Gasteiger charge is 2.15. The number of aliphatic hydroxyl groups excluding tert-OH is 1. The molecule has 0 saturated heterocycles. The van der Waals surface area contributed by atoms with Crippen molar-refractivity contribution >= 4 is 35.0 Å². The van der Waals surface area contributed by atoms with Gasteiger partial charge in [0.1, 0.15) is 17.3 Å². The number of methoxy groups -OCH3 is 1. The van der Waals surface area contributed by atoms with E-state index in [1.54, 1.807) is 26.6 Å². The van der Waals surface area contributed by atoms with Gasteiger partial charge in [-0.05, 0) is 17.7 Å². The summed E-state index contributed by atoms with van der Waals surface area (Å²) in [6.07, 6.45) is 4.67. The lowest BCUT2D eigenvalue weighted by Gasteiger charge is -2.19. The zero-order valence-electron chi connectivity index (χ0n) is 16.5. The number of amides is 1. The second-order valence-electron chi connectivity index (χ2n) is 6.27. The van der Waals surface area contributed by atoms with Gasteiger partial charge in [0.15, 0.2) is 5.82 Å². The first-order valence-electron chi connectivity index (χ1n) is 9.06. The summed E-state index contributed by atoms with van der Waals surface area (Å²) in [5.74, 6) is 1.15. The minimum Gasteiger partial charge on any atom is -0.497 e. The van der Waals surface area contributed by atoms with E-state index in [4.69, 9.17) is 16.3 Å². The first-order valence-corrected chi connectivity index (χ1v) is 9.44. The van der Waals surface area contributed by atoms with Gasteiger partial charge in [-0.3, -0.25) is 9.48 Å². The number of hydrogen-bond acceptors (Lipinski definition) is 8. The first kappa shape index (κ1) is 21.3. The number of aliphatic hydroxyl groups is 1. The van der Waals surface area contributed by atoms with Gasteiger partial charge in [0.05, 0.1) is 37.8 Å². The van der Waals surface area contributed by atoms with Crippen LogP contribution in [-0.4, -0.2) is 51.5 Å². The molecule has 1 aromatic carbocycles. The Morgan fingerprint density at radius 2 is 2.20 bits per heavy atom. The monoisotopic (exact) mass is 431 g/mol. The van der Waals surface area contributed by atoms with Crippen LogP contribution in [0.3, 0.4) is 0 Å². The molecular formula is C19H22ClN7O3. The average molecular weight is 432 g/mol. The smallest absolute Gasteiger partial charge is 0.241 e. The highest BCUT2D eigenvalue weighted by Crippen LogP contribution is 2.27. The molecule has 0 bridgehead atoms. The van der Waals surface area contributed by atoms with E-state index in [1.807, 2.05) is 24.3 Å². The van der Waals surface area contributed by atoms with Crippen LogP contribution >= 0.6 is 11.6 Å². The van der Waals surface area contributed by atoms with Gasteiger partial charge in [-0.2, -0.15) is 10.1 Å². The Labute approximate surface area is 178 Å². The lowest BCUT2D eigenvalue weighted by molar-refractivity contribution is -0.121. The van der Waals surface area contributed by atoms with E-state index in [0.717, 1.165) is 5.56 Å². The molecule has 0 aliphatic heterocycles. The fourth-order valence-electron chi connectivity index (χ4n) is 2.66. The SMILES string of the molecule is CNC(=O)Cn1cc(Nc2ncc(Cl)c(NC(CO)c3cccc(OC)c3)n2)cn1. The molecule has 0 aliphatic carbocycles. The molecule has 1 amide bonds. The normalized spacial score (nSPS) is 11.6. The molecule has 0 radical (unpaired) electrons. The molecule has 1 unspecified atom stereocenters. The lowest BCUT2D eigenvalue weighted by Crippen LogP contribution is -2.23. The van der Waals surface area contributed by atoms with Gasteiger partial charge in [0, 0.05) is 13.2 Å². The molecule has 0 fully saturated rings. The van der Waals surface area contributed by atoms with E-state index < -0.39 is 6.04 Å². The Morgan fingerprint density at radius 3 is 2.93 bits per heavy atom. The number of hydrogen-bond donors (Lipinski definition) is 4. The van der Waals surface area contributed by atoms with Crippen LogP contribution < -0.4 is 20.7 Å². The first-order chi connectivity index (χ1) is 14.5. The zero-order valence-corrected chi connectivity index (χ0v) is 17.2. The number of nitrogens with zero attached hydrogens (tertiary/aromatic N) is 4. The summed E-state index contributed by atoms with van der Waals surface area (Å²) in [6.45, 7) is -0.0757. The Kier molecular flexibility index (Phi) is 7.04. The summed E-state index contributed by atoms with van der Waals surface area (Å²) < 4.78 is 6.72. The molecule has 3 aromatic rings. The molecule has 158 valence electrons. The summed E-state index contributed by atoms with van der Waals surface area (Å²) in [5, 5.41) is 22.9. The van der Waals surface area contributed by atoms with Crippen molar-refractivity contribution < 1.29 is 14.6 Å². The van der Waals surface area contributed by atoms with Crippen molar-refractivity contribution in [1.82, 2.24) is 25.1 Å². The number of carbonyl (C=O) groups excluding carboxylic acids is 1. The van der Waals surface area contributed by atoms with Gasteiger partial charge in [-0.25, -0.2) is 4.98 Å². The summed E-state index contributed by atoms with van der Waals surface area (Å²) in [7, 11) is 3.14. The highest BCUT2D eigenvalue weighted by molar-refractivity contribution is 6.32. The molecule has 10 nitrogen and oxygen atoms in total. The Hall–Kier alpha value is -3.37. The topological polar surface area (TPSA) is 126 Å². The van der Waals surface area contributed by atoms with Crippen LogP contribution in [0.5, 0.6) is 5.75 Å². The fourth-order valence-corrected chi connectivity index (χ4v) is 2.80. The van der Waals surface area contributed by atoms with Crippen LogP contribution in [0.15, 0.2) is 42.9 Å². The quantitative estimate of drug-likeness (QED) is 0.405. The summed E-state index contributed by atoms with van der Waals surface area (Å²) in [4.78, 5) is 20.0. The third-order valence-corrected chi connectivity index (χ3v) is 4.48. The Morgan fingerprint density at radius 1 is 1.37 bits per heavy atom. The fraction of sp³-hybridized carbons (Fsp3) is 0.263. The largest absolute Gasteiger partial charge is 0.497 e. The maximum Gasteiger partial charge on any atom is 0.241 e. The second kappa shape index (κ2) is 9.90. The van der Waals surface area contributed by atoms with Gasteiger partial charge in [0.2, 0.25) is 11.9 Å². The number of anilines is 3. The molecular weight excluding hydrogens is 410 g/mol. The van der Waals surface area contributed by atoms with Crippen molar-refractivity contribution in [3.8, 4) is 5.75 Å². The number of halogens is 1. The number of rotatable bonds is 9. The van der Waals surface area contributed by atoms with Crippen molar-refractivity contribution in [3.05, 3.63) is 53.4 Å². The molecule has 4 N–H and O–H groups in total. The van der Waals surface area contributed by atoms with Crippen LogP contribution in [0.4, 0.5) is 17.5 Å². The Balaban J connectivity index is 1.75. The van der Waals surface area contributed by atoms with Crippen molar-refractivity contribution in [2.24, 2.45) is 0 Å². The van der Waals surface area contributed by atoms with E-state index in [9.17, 15) is 9.90 Å². The van der Waals surface area contributed by atoms with E-state index in [1.165, 1.54) is 10.9 Å². The van der Waals surface area contributed by atoms with Crippen LogP contribution in [0.25, 0.3) is 0 Å². The zero-order chi connectivity index (χ0) is 21.5. The van der Waals surface area contributed by atoms with Gasteiger partial charge in [-0.1, -0.05) is 23.7 Å². The maximum atomic E-state index is 11.5. The van der Waals surface area contributed by atoms with Crippen LogP contribution in [0.1, 0.15) is 11.6 Å².